The normalized spacial score (nSPS) is 14.2. The third-order valence-corrected chi connectivity index (χ3v) is 6.23. The van der Waals surface area contributed by atoms with Crippen molar-refractivity contribution >= 4 is 34.5 Å². The van der Waals surface area contributed by atoms with E-state index in [9.17, 15) is 4.79 Å². The topological polar surface area (TPSA) is 61.6 Å². The second-order valence-electron chi connectivity index (χ2n) is 7.68. The predicted octanol–water partition coefficient (Wildman–Crippen LogP) is 4.95. The van der Waals surface area contributed by atoms with E-state index in [4.69, 9.17) is 17.3 Å². The Balaban J connectivity index is 1.59. The minimum atomic E-state index is -0.201. The lowest BCUT2D eigenvalue weighted by molar-refractivity contribution is 0.201. The summed E-state index contributed by atoms with van der Waals surface area (Å²) in [7, 11) is 4.09. The molecule has 30 heavy (non-hydrogen) atoms. The minimum Gasteiger partial charge on any atom is -0.397 e. The Kier molecular flexibility index (Phi) is 7.02. The fraction of sp³-hybridized carbons (Fsp3) is 0.261. The number of nitrogens with zero attached hydrogens (tertiary/aromatic N) is 2. The van der Waals surface area contributed by atoms with Gasteiger partial charge in [0.2, 0.25) is 0 Å². The molecule has 0 unspecified atom stereocenters. The first kappa shape index (κ1) is 22.2. The molecule has 1 aromatic heterocycles. The van der Waals surface area contributed by atoms with E-state index in [1.165, 1.54) is 28.0 Å². The van der Waals surface area contributed by atoms with Gasteiger partial charge in [0.05, 0.1) is 15.7 Å². The Morgan fingerprint density at radius 3 is 2.67 bits per heavy atom. The molecule has 0 atom stereocenters. The Bertz CT molecular complexity index is 1020. The summed E-state index contributed by atoms with van der Waals surface area (Å²) >= 11 is 7.49. The van der Waals surface area contributed by atoms with E-state index in [1.54, 1.807) is 11.0 Å². The molecule has 1 aromatic carbocycles. The third kappa shape index (κ3) is 5.53. The van der Waals surface area contributed by atoms with Crippen LogP contribution in [0.3, 0.4) is 0 Å². The maximum Gasteiger partial charge on any atom is 0.322 e. The summed E-state index contributed by atoms with van der Waals surface area (Å²) in [6.45, 7) is 7.94. The number of amides is 2. The lowest BCUT2D eigenvalue weighted by atomic mass is 10.1. The number of carbonyl (C=O) groups excluding carboxylic acids is 1. The van der Waals surface area contributed by atoms with Gasteiger partial charge in [0.15, 0.2) is 0 Å². The average molecular weight is 443 g/mol. The van der Waals surface area contributed by atoms with Gasteiger partial charge in [-0.05, 0) is 61.5 Å². The first-order chi connectivity index (χ1) is 14.2. The highest BCUT2D eigenvalue weighted by atomic mass is 35.5. The third-order valence-electron chi connectivity index (χ3n) is 4.86. The summed E-state index contributed by atoms with van der Waals surface area (Å²) in [4.78, 5) is 17.6. The van der Waals surface area contributed by atoms with Crippen LogP contribution in [0.25, 0.3) is 5.57 Å². The number of rotatable bonds is 6. The van der Waals surface area contributed by atoms with Gasteiger partial charge < -0.3 is 20.9 Å². The largest absolute Gasteiger partial charge is 0.397 e. The zero-order valence-corrected chi connectivity index (χ0v) is 19.1. The van der Waals surface area contributed by atoms with Gasteiger partial charge in [0.25, 0.3) is 0 Å². The number of benzene rings is 1. The molecule has 2 aromatic rings. The summed E-state index contributed by atoms with van der Waals surface area (Å²) in [6.07, 6.45) is 3.64. The number of hydrogen-bond donors (Lipinski definition) is 2. The van der Waals surface area contributed by atoms with Gasteiger partial charge in [-0.2, -0.15) is 0 Å². The lowest BCUT2D eigenvalue weighted by Crippen LogP contribution is -2.36. The van der Waals surface area contributed by atoms with Gasteiger partial charge in [-0.1, -0.05) is 42.5 Å². The molecule has 158 valence electrons. The van der Waals surface area contributed by atoms with E-state index in [1.807, 2.05) is 39.2 Å². The fourth-order valence-electron chi connectivity index (χ4n) is 3.26. The SMILES string of the molecule is C=C(NC(=O)N1Cc2ccc(CN(C)C)cc2C1)/C(N)=C\C=C(/C)c1ccc(Cl)s1. The first-order valence-electron chi connectivity index (χ1n) is 9.63. The Morgan fingerprint density at radius 2 is 2.00 bits per heavy atom. The van der Waals surface area contributed by atoms with Crippen molar-refractivity contribution in [2.75, 3.05) is 14.1 Å². The molecule has 2 heterocycles. The van der Waals surface area contributed by atoms with Gasteiger partial charge in [0, 0.05) is 24.5 Å². The molecule has 7 heteroatoms. The molecule has 0 spiro atoms. The highest BCUT2D eigenvalue weighted by Gasteiger charge is 2.24. The van der Waals surface area contributed by atoms with Crippen LogP contribution < -0.4 is 11.1 Å². The highest BCUT2D eigenvalue weighted by molar-refractivity contribution is 7.17. The molecule has 0 aliphatic carbocycles. The number of hydrogen-bond acceptors (Lipinski definition) is 4. The van der Waals surface area contributed by atoms with Crippen LogP contribution in [0.2, 0.25) is 4.34 Å². The van der Waals surface area contributed by atoms with Crippen LogP contribution in [0, 0.1) is 0 Å². The van der Waals surface area contributed by atoms with Crippen molar-refractivity contribution in [1.29, 1.82) is 0 Å². The Morgan fingerprint density at radius 1 is 1.27 bits per heavy atom. The summed E-state index contributed by atoms with van der Waals surface area (Å²) in [5, 5.41) is 2.81. The van der Waals surface area contributed by atoms with Crippen molar-refractivity contribution in [3.8, 4) is 0 Å². The summed E-state index contributed by atoms with van der Waals surface area (Å²) in [5.74, 6) is 0. The maximum absolute atomic E-state index is 12.7. The Labute approximate surface area is 187 Å². The Hall–Kier alpha value is -2.54. The summed E-state index contributed by atoms with van der Waals surface area (Å²) < 4.78 is 0.742. The summed E-state index contributed by atoms with van der Waals surface area (Å²) in [5.41, 5.74) is 11.5. The van der Waals surface area contributed by atoms with Gasteiger partial charge in [0.1, 0.15) is 0 Å². The van der Waals surface area contributed by atoms with Gasteiger partial charge in [-0.25, -0.2) is 4.79 Å². The standard InChI is InChI=1S/C23H27ClN4OS/c1-15(21-9-10-22(24)30-21)5-8-20(25)16(2)26-23(29)28-13-18-7-6-17(12-27(3)4)11-19(18)14-28/h5-11H,2,12-14,25H2,1,3-4H3,(H,26,29)/b15-5+,20-8+. The molecule has 3 N–H and O–H groups in total. The van der Waals surface area contributed by atoms with Crippen molar-refractivity contribution in [1.82, 2.24) is 15.1 Å². The monoisotopic (exact) mass is 442 g/mol. The number of thiophene rings is 1. The van der Waals surface area contributed by atoms with E-state index in [0.717, 1.165) is 21.3 Å². The molecule has 2 amide bonds. The van der Waals surface area contributed by atoms with Gasteiger partial charge in [-0.3, -0.25) is 0 Å². The van der Waals surface area contributed by atoms with Gasteiger partial charge in [-0.15, -0.1) is 11.3 Å². The fourth-order valence-corrected chi connectivity index (χ4v) is 4.28. The van der Waals surface area contributed by atoms with Crippen molar-refractivity contribution in [2.45, 2.75) is 26.6 Å². The smallest absolute Gasteiger partial charge is 0.322 e. The molecule has 0 fully saturated rings. The van der Waals surface area contributed by atoms with Crippen LogP contribution in [0.4, 0.5) is 4.79 Å². The molecule has 1 aliphatic heterocycles. The summed E-state index contributed by atoms with van der Waals surface area (Å²) in [6, 6.07) is 10.0. The zero-order chi connectivity index (χ0) is 21.8. The van der Waals surface area contributed by atoms with Crippen LogP contribution in [-0.4, -0.2) is 29.9 Å². The number of nitrogens with one attached hydrogen (secondary N) is 1. The lowest BCUT2D eigenvalue weighted by Gasteiger charge is -2.17. The van der Waals surface area contributed by atoms with E-state index in [0.29, 0.717) is 24.5 Å². The van der Waals surface area contributed by atoms with Crippen LogP contribution in [0.1, 0.15) is 28.5 Å². The number of halogens is 1. The van der Waals surface area contributed by atoms with Crippen LogP contribution >= 0.6 is 22.9 Å². The minimum absolute atomic E-state index is 0.201. The molecule has 1 aliphatic rings. The number of allylic oxidation sites excluding steroid dienone is 3. The second kappa shape index (κ2) is 9.51. The zero-order valence-electron chi connectivity index (χ0n) is 17.5. The van der Waals surface area contributed by atoms with Crippen molar-refractivity contribution in [3.63, 3.8) is 0 Å². The molecule has 5 nitrogen and oxygen atoms in total. The van der Waals surface area contributed by atoms with Crippen LogP contribution in [0.15, 0.2) is 60.5 Å². The molecule has 0 saturated heterocycles. The quantitative estimate of drug-likeness (QED) is 0.622. The van der Waals surface area contributed by atoms with E-state index < -0.39 is 0 Å². The van der Waals surface area contributed by atoms with Gasteiger partial charge >= 0.3 is 6.03 Å². The number of fused-ring (bicyclic) bond motifs is 1. The molecular formula is C23H27ClN4OS. The molecule has 0 radical (unpaired) electrons. The van der Waals surface area contributed by atoms with Crippen LogP contribution in [-0.2, 0) is 19.6 Å². The van der Waals surface area contributed by atoms with Crippen LogP contribution in [0.5, 0.6) is 0 Å². The second-order valence-corrected chi connectivity index (χ2v) is 9.40. The van der Waals surface area contributed by atoms with Crippen molar-refractivity contribution in [3.05, 3.63) is 86.4 Å². The number of nitrogens with two attached hydrogens (primary N) is 1. The molecule has 0 bridgehead atoms. The predicted molar refractivity (Wildman–Crippen MR) is 126 cm³/mol. The van der Waals surface area contributed by atoms with Crippen molar-refractivity contribution in [2.24, 2.45) is 5.73 Å². The van der Waals surface area contributed by atoms with Crippen molar-refractivity contribution < 1.29 is 4.79 Å². The molecule has 0 saturated carbocycles. The molecule has 3 rings (SSSR count). The number of carbonyl (C=O) groups is 1. The highest BCUT2D eigenvalue weighted by Crippen LogP contribution is 2.27. The first-order valence-corrected chi connectivity index (χ1v) is 10.8. The van der Waals surface area contributed by atoms with E-state index in [-0.39, 0.29) is 6.03 Å². The number of urea groups is 1. The van der Waals surface area contributed by atoms with E-state index >= 15 is 0 Å². The molecular weight excluding hydrogens is 416 g/mol. The maximum atomic E-state index is 12.7. The van der Waals surface area contributed by atoms with E-state index in [2.05, 4.69) is 35.0 Å². The average Bonchev–Trinajstić information content (AvgIpc) is 3.31.